The standard InChI is InChI=1S/C30H23Cl2IN2O4S/c1-3-38-29(37)25-17(2)34-30-35(26(25)21-11-7-8-12-22(21)32)28(36)24(40-30)14-19-13-20(31)15-23(33)27(19)39-16-18-9-5-4-6-10-18/h4-15,26H,3,16H2,1-2H3/b24-14-/t26-/m1/s1. The van der Waals surface area contributed by atoms with Crippen molar-refractivity contribution in [2.75, 3.05) is 6.61 Å². The molecular weight excluding hydrogens is 682 g/mol. The number of ether oxygens (including phenoxy) is 2. The Morgan fingerprint density at radius 3 is 2.58 bits per heavy atom. The molecule has 204 valence electrons. The second kappa shape index (κ2) is 12.3. The number of allylic oxidation sites excluding steroid dienone is 1. The molecule has 5 rings (SSSR count). The van der Waals surface area contributed by atoms with E-state index in [4.69, 9.17) is 32.7 Å². The minimum atomic E-state index is -0.792. The quantitative estimate of drug-likeness (QED) is 0.168. The molecule has 40 heavy (non-hydrogen) atoms. The molecule has 10 heteroatoms. The molecule has 0 fully saturated rings. The third-order valence-electron chi connectivity index (χ3n) is 6.27. The summed E-state index contributed by atoms with van der Waals surface area (Å²) >= 11 is 16.4. The van der Waals surface area contributed by atoms with Gasteiger partial charge in [-0.25, -0.2) is 9.79 Å². The fourth-order valence-corrected chi connectivity index (χ4v) is 6.98. The van der Waals surface area contributed by atoms with E-state index in [1.807, 2.05) is 42.5 Å². The van der Waals surface area contributed by atoms with Gasteiger partial charge in [-0.05, 0) is 71.8 Å². The lowest BCUT2D eigenvalue weighted by molar-refractivity contribution is -0.139. The predicted octanol–water partition coefficient (Wildman–Crippen LogP) is 6.29. The SMILES string of the molecule is CCOC(=O)C1=C(C)N=c2s/c(=C\c3cc(Cl)cc(I)c3OCc3ccccc3)c(=O)n2[C@@H]1c1ccccc1Cl. The van der Waals surface area contributed by atoms with Crippen LogP contribution in [0.4, 0.5) is 0 Å². The summed E-state index contributed by atoms with van der Waals surface area (Å²) in [5.74, 6) is 0.0784. The molecule has 0 radical (unpaired) electrons. The molecule has 1 aliphatic heterocycles. The van der Waals surface area contributed by atoms with E-state index in [-0.39, 0.29) is 17.7 Å². The zero-order valence-electron chi connectivity index (χ0n) is 21.5. The molecule has 0 unspecified atom stereocenters. The van der Waals surface area contributed by atoms with Crippen molar-refractivity contribution in [1.29, 1.82) is 0 Å². The van der Waals surface area contributed by atoms with Crippen LogP contribution in [-0.2, 0) is 16.1 Å². The third kappa shape index (κ3) is 5.76. The summed E-state index contributed by atoms with van der Waals surface area (Å²) in [6.45, 7) is 4.02. The topological polar surface area (TPSA) is 69.9 Å². The number of thiazole rings is 1. The first-order valence-electron chi connectivity index (χ1n) is 12.4. The number of carbonyl (C=O) groups is 1. The van der Waals surface area contributed by atoms with Gasteiger partial charge in [-0.15, -0.1) is 0 Å². The number of halogens is 3. The summed E-state index contributed by atoms with van der Waals surface area (Å²) < 4.78 is 14.3. The normalized spacial score (nSPS) is 15.0. The first-order valence-corrected chi connectivity index (χ1v) is 15.0. The van der Waals surface area contributed by atoms with E-state index in [1.165, 1.54) is 15.9 Å². The maximum atomic E-state index is 14.0. The van der Waals surface area contributed by atoms with Crippen LogP contribution in [0.3, 0.4) is 0 Å². The molecule has 0 amide bonds. The minimum Gasteiger partial charge on any atom is -0.487 e. The molecule has 1 aliphatic rings. The van der Waals surface area contributed by atoms with Gasteiger partial charge in [0.05, 0.1) is 26.0 Å². The van der Waals surface area contributed by atoms with Crippen LogP contribution in [0.1, 0.15) is 36.6 Å². The second-order valence-electron chi connectivity index (χ2n) is 8.90. The van der Waals surface area contributed by atoms with Crippen LogP contribution in [0.15, 0.2) is 87.8 Å². The molecule has 4 aromatic rings. The molecule has 3 aromatic carbocycles. The van der Waals surface area contributed by atoms with Crippen LogP contribution in [0, 0.1) is 3.57 Å². The van der Waals surface area contributed by atoms with Gasteiger partial charge in [-0.2, -0.15) is 0 Å². The monoisotopic (exact) mass is 704 g/mol. The van der Waals surface area contributed by atoms with Crippen LogP contribution >= 0.6 is 57.1 Å². The Bertz CT molecular complexity index is 1820. The molecule has 0 N–H and O–H groups in total. The number of fused-ring (bicyclic) bond motifs is 1. The number of hydrogen-bond donors (Lipinski definition) is 0. The van der Waals surface area contributed by atoms with Crippen LogP contribution in [0.25, 0.3) is 6.08 Å². The predicted molar refractivity (Wildman–Crippen MR) is 167 cm³/mol. The van der Waals surface area contributed by atoms with Gasteiger partial charge in [0.15, 0.2) is 4.80 Å². The highest BCUT2D eigenvalue weighted by molar-refractivity contribution is 14.1. The zero-order chi connectivity index (χ0) is 28.4. The highest BCUT2D eigenvalue weighted by Crippen LogP contribution is 2.35. The Kier molecular flexibility index (Phi) is 8.80. The van der Waals surface area contributed by atoms with Crippen molar-refractivity contribution in [2.45, 2.75) is 26.5 Å². The second-order valence-corrected chi connectivity index (χ2v) is 11.9. The molecule has 0 aliphatic carbocycles. The highest BCUT2D eigenvalue weighted by Gasteiger charge is 2.34. The third-order valence-corrected chi connectivity index (χ3v) is 8.61. The fraction of sp³-hybridized carbons (Fsp3) is 0.167. The Balaban J connectivity index is 1.67. The maximum absolute atomic E-state index is 14.0. The van der Waals surface area contributed by atoms with Crippen LogP contribution in [0.2, 0.25) is 10.0 Å². The number of benzene rings is 3. The van der Waals surface area contributed by atoms with E-state index < -0.39 is 12.0 Å². The first-order chi connectivity index (χ1) is 19.3. The summed E-state index contributed by atoms with van der Waals surface area (Å²) in [7, 11) is 0. The lowest BCUT2D eigenvalue weighted by Crippen LogP contribution is -2.40. The van der Waals surface area contributed by atoms with Crippen molar-refractivity contribution in [3.8, 4) is 5.75 Å². The molecule has 2 heterocycles. The van der Waals surface area contributed by atoms with E-state index in [2.05, 4.69) is 27.6 Å². The van der Waals surface area contributed by atoms with E-state index >= 15 is 0 Å². The number of hydrogen-bond acceptors (Lipinski definition) is 6. The van der Waals surface area contributed by atoms with Crippen LogP contribution in [-0.4, -0.2) is 17.1 Å². The van der Waals surface area contributed by atoms with E-state index in [1.54, 1.807) is 44.2 Å². The summed E-state index contributed by atoms with van der Waals surface area (Å²) in [5.41, 5.74) is 2.72. The van der Waals surface area contributed by atoms with Gasteiger partial charge in [-0.1, -0.05) is 83.1 Å². The largest absolute Gasteiger partial charge is 0.487 e. The first kappa shape index (κ1) is 28.6. The van der Waals surface area contributed by atoms with Crippen molar-refractivity contribution >= 4 is 69.2 Å². The average Bonchev–Trinajstić information content (AvgIpc) is 3.22. The Morgan fingerprint density at radius 2 is 1.85 bits per heavy atom. The Labute approximate surface area is 258 Å². The average molecular weight is 705 g/mol. The maximum Gasteiger partial charge on any atom is 0.338 e. The Hall–Kier alpha value is -2.92. The Morgan fingerprint density at radius 1 is 1.12 bits per heavy atom. The van der Waals surface area contributed by atoms with Crippen molar-refractivity contribution < 1.29 is 14.3 Å². The summed E-state index contributed by atoms with van der Waals surface area (Å²) in [4.78, 5) is 32.2. The van der Waals surface area contributed by atoms with Gasteiger partial charge in [0.2, 0.25) is 0 Å². The lowest BCUT2D eigenvalue weighted by atomic mass is 9.96. The molecule has 1 aromatic heterocycles. The van der Waals surface area contributed by atoms with E-state index in [0.29, 0.717) is 48.6 Å². The number of rotatable bonds is 7. The van der Waals surface area contributed by atoms with Gasteiger partial charge in [0.25, 0.3) is 5.56 Å². The number of esters is 1. The molecule has 6 nitrogen and oxygen atoms in total. The number of carbonyl (C=O) groups excluding carboxylic acids is 1. The van der Waals surface area contributed by atoms with Crippen molar-refractivity contribution in [2.24, 2.45) is 4.99 Å². The zero-order valence-corrected chi connectivity index (χ0v) is 26.0. The van der Waals surface area contributed by atoms with Crippen molar-refractivity contribution in [3.05, 3.63) is 128 Å². The van der Waals surface area contributed by atoms with Crippen molar-refractivity contribution in [3.63, 3.8) is 0 Å². The van der Waals surface area contributed by atoms with Crippen LogP contribution < -0.4 is 19.6 Å². The van der Waals surface area contributed by atoms with Gasteiger partial charge >= 0.3 is 5.97 Å². The van der Waals surface area contributed by atoms with E-state index in [0.717, 1.165) is 9.13 Å². The molecule has 0 spiro atoms. The summed E-state index contributed by atoms with van der Waals surface area (Å²) in [6, 6.07) is 19.8. The number of aromatic nitrogens is 1. The van der Waals surface area contributed by atoms with Gasteiger partial charge < -0.3 is 9.47 Å². The molecule has 0 saturated carbocycles. The molecule has 0 saturated heterocycles. The highest BCUT2D eigenvalue weighted by atomic mass is 127. The molecule has 1 atom stereocenters. The fourth-order valence-electron chi connectivity index (χ4n) is 4.49. The number of nitrogens with zero attached hydrogens (tertiary/aromatic N) is 2. The smallest absolute Gasteiger partial charge is 0.338 e. The van der Waals surface area contributed by atoms with Gasteiger partial charge in [0, 0.05) is 15.6 Å². The lowest BCUT2D eigenvalue weighted by Gasteiger charge is -2.25. The van der Waals surface area contributed by atoms with Crippen molar-refractivity contribution in [1.82, 2.24) is 4.57 Å². The van der Waals surface area contributed by atoms with Crippen LogP contribution in [0.5, 0.6) is 5.75 Å². The minimum absolute atomic E-state index is 0.189. The summed E-state index contributed by atoms with van der Waals surface area (Å²) in [6.07, 6.45) is 1.76. The van der Waals surface area contributed by atoms with Gasteiger partial charge in [0.1, 0.15) is 18.4 Å². The van der Waals surface area contributed by atoms with E-state index in [9.17, 15) is 9.59 Å². The summed E-state index contributed by atoms with van der Waals surface area (Å²) in [5, 5.41) is 0.949. The van der Waals surface area contributed by atoms with Gasteiger partial charge in [-0.3, -0.25) is 9.36 Å². The molecule has 0 bridgehead atoms. The molecular formula is C30H23Cl2IN2O4S.